The summed E-state index contributed by atoms with van der Waals surface area (Å²) in [6, 6.07) is 4.65. The molecule has 1 aliphatic rings. The lowest BCUT2D eigenvalue weighted by Gasteiger charge is -2.27. The highest BCUT2D eigenvalue weighted by Gasteiger charge is 2.32. The second-order valence-electron chi connectivity index (χ2n) is 5.23. The van der Waals surface area contributed by atoms with E-state index in [2.05, 4.69) is 11.6 Å². The lowest BCUT2D eigenvalue weighted by molar-refractivity contribution is -0.384. The molecule has 0 heterocycles. The van der Waals surface area contributed by atoms with Gasteiger partial charge in [0.05, 0.1) is 9.95 Å². The van der Waals surface area contributed by atoms with Crippen LogP contribution < -0.4 is 5.32 Å². The number of hydrogen-bond acceptors (Lipinski definition) is 4. The summed E-state index contributed by atoms with van der Waals surface area (Å²) in [6.07, 6.45) is 7.30. The van der Waals surface area contributed by atoms with Crippen molar-refractivity contribution >= 4 is 29.1 Å². The Hall–Kier alpha value is -0.780. The summed E-state index contributed by atoms with van der Waals surface area (Å²) >= 11 is 8.03. The topological polar surface area (TPSA) is 55.2 Å². The maximum atomic E-state index is 10.7. The van der Waals surface area contributed by atoms with Crippen LogP contribution in [0.2, 0.25) is 5.02 Å². The fraction of sp³-hybridized carbons (Fsp3) is 0.571. The summed E-state index contributed by atoms with van der Waals surface area (Å²) in [7, 11) is 0. The third-order valence-corrected chi connectivity index (χ3v) is 5.73. The van der Waals surface area contributed by atoms with Gasteiger partial charge in [-0.25, -0.2) is 0 Å². The van der Waals surface area contributed by atoms with Crippen LogP contribution >= 0.6 is 23.4 Å². The van der Waals surface area contributed by atoms with Crippen LogP contribution in [0.4, 0.5) is 5.69 Å². The van der Waals surface area contributed by atoms with Crippen LogP contribution in [-0.2, 0) is 6.54 Å². The van der Waals surface area contributed by atoms with Crippen LogP contribution in [0.3, 0.4) is 0 Å². The van der Waals surface area contributed by atoms with Gasteiger partial charge in [-0.1, -0.05) is 24.4 Å². The first-order chi connectivity index (χ1) is 9.56. The quantitative estimate of drug-likeness (QED) is 0.636. The van der Waals surface area contributed by atoms with Gasteiger partial charge in [-0.05, 0) is 30.7 Å². The standard InChI is InChI=1S/C14H19ClN2O2S/c1-20-14(6-2-3-7-14)10-16-9-11-4-5-12(17(18)19)8-13(11)15/h4-5,8,16H,2-3,6-7,9-10H2,1H3. The van der Waals surface area contributed by atoms with Crippen molar-refractivity contribution in [3.8, 4) is 0 Å². The van der Waals surface area contributed by atoms with E-state index in [9.17, 15) is 10.1 Å². The van der Waals surface area contributed by atoms with Gasteiger partial charge in [0.2, 0.25) is 0 Å². The molecular formula is C14H19ClN2O2S. The van der Waals surface area contributed by atoms with E-state index in [1.54, 1.807) is 6.07 Å². The van der Waals surface area contributed by atoms with Crippen molar-refractivity contribution in [1.82, 2.24) is 5.32 Å². The van der Waals surface area contributed by atoms with E-state index in [1.165, 1.54) is 37.8 Å². The number of benzene rings is 1. The Labute approximate surface area is 128 Å². The molecule has 1 saturated carbocycles. The van der Waals surface area contributed by atoms with Crippen molar-refractivity contribution < 1.29 is 4.92 Å². The minimum atomic E-state index is -0.426. The zero-order valence-corrected chi connectivity index (χ0v) is 13.1. The predicted molar refractivity (Wildman–Crippen MR) is 84.5 cm³/mol. The SMILES string of the molecule is CSC1(CNCc2ccc([N+](=O)[O-])cc2Cl)CCCC1. The number of hydrogen-bond donors (Lipinski definition) is 1. The van der Waals surface area contributed by atoms with Crippen molar-refractivity contribution in [2.24, 2.45) is 0 Å². The van der Waals surface area contributed by atoms with E-state index in [4.69, 9.17) is 11.6 Å². The molecule has 1 aliphatic carbocycles. The molecule has 0 bridgehead atoms. The van der Waals surface area contributed by atoms with Gasteiger partial charge in [-0.2, -0.15) is 11.8 Å². The number of thioether (sulfide) groups is 1. The molecule has 0 aromatic heterocycles. The second-order valence-corrected chi connectivity index (χ2v) is 6.91. The van der Waals surface area contributed by atoms with E-state index in [0.29, 0.717) is 16.3 Å². The van der Waals surface area contributed by atoms with E-state index >= 15 is 0 Å². The zero-order chi connectivity index (χ0) is 14.6. The number of nitro benzene ring substituents is 1. The fourth-order valence-corrected chi connectivity index (χ4v) is 3.88. The third kappa shape index (κ3) is 3.65. The minimum absolute atomic E-state index is 0.0372. The minimum Gasteiger partial charge on any atom is -0.311 e. The molecule has 4 nitrogen and oxygen atoms in total. The molecule has 1 aromatic rings. The van der Waals surface area contributed by atoms with Crippen molar-refractivity contribution in [1.29, 1.82) is 0 Å². The average Bonchev–Trinajstić information content (AvgIpc) is 2.90. The summed E-state index contributed by atoms with van der Waals surface area (Å²) in [5.74, 6) is 0. The van der Waals surface area contributed by atoms with Crippen LogP contribution in [0.5, 0.6) is 0 Å². The van der Waals surface area contributed by atoms with Gasteiger partial charge in [-0.15, -0.1) is 0 Å². The maximum Gasteiger partial charge on any atom is 0.270 e. The Morgan fingerprint density at radius 3 is 2.70 bits per heavy atom. The van der Waals surface area contributed by atoms with Gasteiger partial charge >= 0.3 is 0 Å². The summed E-state index contributed by atoms with van der Waals surface area (Å²) in [4.78, 5) is 10.2. The van der Waals surface area contributed by atoms with E-state index in [1.807, 2.05) is 11.8 Å². The lowest BCUT2D eigenvalue weighted by Crippen LogP contribution is -2.34. The molecule has 0 spiro atoms. The van der Waals surface area contributed by atoms with E-state index in [0.717, 1.165) is 12.1 Å². The summed E-state index contributed by atoms with van der Waals surface area (Å²) in [5.41, 5.74) is 0.946. The molecule has 0 atom stereocenters. The normalized spacial score (nSPS) is 17.3. The zero-order valence-electron chi connectivity index (χ0n) is 11.5. The van der Waals surface area contributed by atoms with E-state index < -0.39 is 4.92 Å². The Bertz CT molecular complexity index is 490. The first kappa shape index (κ1) is 15.6. The van der Waals surface area contributed by atoms with Crippen molar-refractivity contribution in [3.05, 3.63) is 38.9 Å². The molecule has 1 N–H and O–H groups in total. The Kier molecular flexibility index (Phi) is 5.29. The highest BCUT2D eigenvalue weighted by atomic mass is 35.5. The molecule has 0 amide bonds. The molecule has 0 unspecified atom stereocenters. The smallest absolute Gasteiger partial charge is 0.270 e. The van der Waals surface area contributed by atoms with Crippen LogP contribution in [0.1, 0.15) is 31.2 Å². The Balaban J connectivity index is 1.92. The Morgan fingerprint density at radius 1 is 1.45 bits per heavy atom. The van der Waals surface area contributed by atoms with Crippen molar-refractivity contribution in [3.63, 3.8) is 0 Å². The number of non-ortho nitro benzene ring substituents is 1. The number of rotatable bonds is 6. The van der Waals surface area contributed by atoms with Gasteiger partial charge < -0.3 is 5.32 Å². The summed E-state index contributed by atoms with van der Waals surface area (Å²) in [5, 5.41) is 14.6. The number of halogens is 1. The van der Waals surface area contributed by atoms with Crippen LogP contribution in [-0.4, -0.2) is 22.5 Å². The molecule has 1 aromatic carbocycles. The van der Waals surface area contributed by atoms with Crippen molar-refractivity contribution in [2.45, 2.75) is 37.0 Å². The van der Waals surface area contributed by atoms with Gasteiger partial charge in [0.15, 0.2) is 0 Å². The Morgan fingerprint density at radius 2 is 2.15 bits per heavy atom. The molecule has 110 valence electrons. The van der Waals surface area contributed by atoms with E-state index in [-0.39, 0.29) is 5.69 Å². The largest absolute Gasteiger partial charge is 0.311 e. The fourth-order valence-electron chi connectivity index (χ4n) is 2.69. The second kappa shape index (κ2) is 6.78. The molecule has 0 aliphatic heterocycles. The number of nitro groups is 1. The van der Waals surface area contributed by atoms with Crippen LogP contribution in [0.15, 0.2) is 18.2 Å². The summed E-state index contributed by atoms with van der Waals surface area (Å²) in [6.45, 7) is 1.61. The first-order valence-corrected chi connectivity index (χ1v) is 8.35. The third-order valence-electron chi connectivity index (χ3n) is 3.96. The maximum absolute atomic E-state index is 10.7. The number of nitrogens with one attached hydrogen (secondary N) is 1. The van der Waals surface area contributed by atoms with Gasteiger partial charge in [0, 0.05) is 30.0 Å². The molecular weight excluding hydrogens is 296 g/mol. The molecule has 2 rings (SSSR count). The molecule has 0 radical (unpaired) electrons. The van der Waals surface area contributed by atoms with Gasteiger partial charge in [0.1, 0.15) is 0 Å². The predicted octanol–water partition coefficient (Wildman–Crippen LogP) is 4.01. The molecule has 1 fully saturated rings. The van der Waals surface area contributed by atoms with Gasteiger partial charge in [-0.3, -0.25) is 10.1 Å². The highest BCUT2D eigenvalue weighted by Crippen LogP contribution is 2.39. The van der Waals surface area contributed by atoms with Crippen LogP contribution in [0.25, 0.3) is 0 Å². The van der Waals surface area contributed by atoms with Crippen LogP contribution in [0, 0.1) is 10.1 Å². The average molecular weight is 315 g/mol. The summed E-state index contributed by atoms with van der Waals surface area (Å²) < 4.78 is 0.354. The molecule has 0 saturated heterocycles. The number of nitrogens with zero attached hydrogens (tertiary/aromatic N) is 1. The first-order valence-electron chi connectivity index (χ1n) is 6.75. The highest BCUT2D eigenvalue weighted by molar-refractivity contribution is 8.00. The monoisotopic (exact) mass is 314 g/mol. The molecule has 6 heteroatoms. The molecule has 20 heavy (non-hydrogen) atoms. The van der Waals surface area contributed by atoms with Gasteiger partial charge in [0.25, 0.3) is 5.69 Å². The lowest BCUT2D eigenvalue weighted by atomic mass is 10.1. The van der Waals surface area contributed by atoms with Crippen molar-refractivity contribution in [2.75, 3.05) is 12.8 Å².